The van der Waals surface area contributed by atoms with Crippen LogP contribution in [0.1, 0.15) is 31.2 Å². The van der Waals surface area contributed by atoms with Crippen molar-refractivity contribution in [1.29, 1.82) is 0 Å². The van der Waals surface area contributed by atoms with Crippen LogP contribution in [-0.4, -0.2) is 13.4 Å². The summed E-state index contributed by atoms with van der Waals surface area (Å²) in [6.07, 6.45) is 1.02. The summed E-state index contributed by atoms with van der Waals surface area (Å²) in [4.78, 5) is 1.27. The minimum absolute atomic E-state index is 0.132. The molecular weight excluding hydrogens is 184 g/mol. The summed E-state index contributed by atoms with van der Waals surface area (Å²) in [5.74, 6) is 0. The second kappa shape index (κ2) is 5.37. The summed E-state index contributed by atoms with van der Waals surface area (Å²) in [6, 6.07) is 4.14. The zero-order chi connectivity index (χ0) is 9.68. The van der Waals surface area contributed by atoms with Gasteiger partial charge in [-0.25, -0.2) is 0 Å². The maximum atomic E-state index is 5.68. The Kier molecular flexibility index (Phi) is 4.42. The molecule has 0 radical (unpaired) electrons. The van der Waals surface area contributed by atoms with Crippen molar-refractivity contribution in [2.24, 2.45) is 0 Å². The lowest BCUT2D eigenvalue weighted by Crippen LogP contribution is -2.14. The van der Waals surface area contributed by atoms with Crippen LogP contribution in [0, 0.1) is 0 Å². The van der Waals surface area contributed by atoms with Gasteiger partial charge in [0.05, 0.1) is 6.10 Å². The van der Waals surface area contributed by atoms with E-state index >= 15 is 0 Å². The summed E-state index contributed by atoms with van der Waals surface area (Å²) in [5, 5.41) is 2.07. The Morgan fingerprint density at radius 1 is 1.54 bits per heavy atom. The first kappa shape index (κ1) is 10.7. The molecule has 2 atom stereocenters. The second-order valence-electron chi connectivity index (χ2n) is 2.85. The Balaban J connectivity index is 2.53. The summed E-state index contributed by atoms with van der Waals surface area (Å²) in [6.45, 7) is 4.03. The van der Waals surface area contributed by atoms with Gasteiger partial charge in [-0.3, -0.25) is 0 Å². The van der Waals surface area contributed by atoms with Gasteiger partial charge in [0.1, 0.15) is 0 Å². The van der Waals surface area contributed by atoms with Crippen LogP contribution in [0.5, 0.6) is 0 Å². The van der Waals surface area contributed by atoms with Gasteiger partial charge < -0.3 is 9.47 Å². The summed E-state index contributed by atoms with van der Waals surface area (Å²) in [5.41, 5.74) is 0. The topological polar surface area (TPSA) is 18.5 Å². The predicted octanol–water partition coefficient (Wildman–Crippen LogP) is 3.21. The maximum absolute atomic E-state index is 5.68. The monoisotopic (exact) mass is 200 g/mol. The normalized spacial score (nSPS) is 15.6. The first-order valence-corrected chi connectivity index (χ1v) is 5.37. The van der Waals surface area contributed by atoms with Crippen molar-refractivity contribution in [3.63, 3.8) is 0 Å². The van der Waals surface area contributed by atoms with Gasteiger partial charge in [0, 0.05) is 12.0 Å². The van der Waals surface area contributed by atoms with Crippen molar-refractivity contribution in [2.75, 3.05) is 7.11 Å². The highest BCUT2D eigenvalue weighted by molar-refractivity contribution is 7.10. The van der Waals surface area contributed by atoms with Gasteiger partial charge >= 0.3 is 0 Å². The van der Waals surface area contributed by atoms with Crippen molar-refractivity contribution < 1.29 is 9.47 Å². The Bertz CT molecular complexity index is 221. The fourth-order valence-electron chi connectivity index (χ4n) is 1.13. The van der Waals surface area contributed by atoms with Crippen LogP contribution in [0.4, 0.5) is 0 Å². The Morgan fingerprint density at radius 2 is 2.31 bits per heavy atom. The fourth-order valence-corrected chi connectivity index (χ4v) is 1.97. The van der Waals surface area contributed by atoms with Crippen molar-refractivity contribution in [1.82, 2.24) is 0 Å². The number of thiophene rings is 1. The van der Waals surface area contributed by atoms with Crippen LogP contribution >= 0.6 is 11.3 Å². The average Bonchev–Trinajstić information content (AvgIpc) is 2.66. The maximum Gasteiger partial charge on any atom is 0.155 e. The average molecular weight is 200 g/mol. The largest absolute Gasteiger partial charge is 0.356 e. The lowest BCUT2D eigenvalue weighted by Gasteiger charge is -2.18. The molecule has 1 aromatic rings. The van der Waals surface area contributed by atoms with Crippen molar-refractivity contribution in [3.8, 4) is 0 Å². The molecule has 0 amide bonds. The number of hydrogen-bond donors (Lipinski definition) is 0. The molecule has 1 heterocycles. The molecular formula is C10H16O2S. The Morgan fingerprint density at radius 3 is 2.77 bits per heavy atom. The minimum atomic E-state index is -0.132. The number of hydrogen-bond acceptors (Lipinski definition) is 3. The molecule has 2 unspecified atom stereocenters. The Hall–Kier alpha value is -0.380. The van der Waals surface area contributed by atoms with Crippen LogP contribution in [-0.2, 0) is 9.47 Å². The standard InChI is InChI=1S/C10H16O2S/c1-4-9(12-8(2)11-3)10-6-5-7-13-10/h5-9H,4H2,1-3H3. The molecule has 0 bridgehead atoms. The lowest BCUT2D eigenvalue weighted by atomic mass is 10.2. The van der Waals surface area contributed by atoms with Gasteiger partial charge in [-0.2, -0.15) is 0 Å². The van der Waals surface area contributed by atoms with E-state index in [-0.39, 0.29) is 12.4 Å². The van der Waals surface area contributed by atoms with E-state index in [4.69, 9.17) is 9.47 Å². The molecule has 13 heavy (non-hydrogen) atoms. The minimum Gasteiger partial charge on any atom is -0.356 e. The molecule has 0 spiro atoms. The molecule has 2 nitrogen and oxygen atoms in total. The summed E-state index contributed by atoms with van der Waals surface area (Å²) < 4.78 is 10.7. The van der Waals surface area contributed by atoms with E-state index in [1.54, 1.807) is 18.4 Å². The highest BCUT2D eigenvalue weighted by Crippen LogP contribution is 2.26. The SMILES string of the molecule is CCC(OC(C)OC)c1cccs1. The van der Waals surface area contributed by atoms with E-state index in [1.165, 1.54) is 4.88 Å². The fraction of sp³-hybridized carbons (Fsp3) is 0.600. The predicted molar refractivity (Wildman–Crippen MR) is 54.9 cm³/mol. The molecule has 0 fully saturated rings. The van der Waals surface area contributed by atoms with E-state index in [1.807, 2.05) is 13.0 Å². The Labute approximate surface area is 83.5 Å². The molecule has 0 saturated carbocycles. The van der Waals surface area contributed by atoms with Crippen LogP contribution in [0.25, 0.3) is 0 Å². The molecule has 0 aliphatic rings. The van der Waals surface area contributed by atoms with E-state index in [0.717, 1.165) is 6.42 Å². The highest BCUT2D eigenvalue weighted by atomic mass is 32.1. The first-order valence-electron chi connectivity index (χ1n) is 4.49. The molecule has 0 saturated heterocycles. The van der Waals surface area contributed by atoms with Crippen LogP contribution in [0.15, 0.2) is 17.5 Å². The van der Waals surface area contributed by atoms with E-state index < -0.39 is 0 Å². The van der Waals surface area contributed by atoms with Gasteiger partial charge in [-0.05, 0) is 24.8 Å². The van der Waals surface area contributed by atoms with Crippen molar-refractivity contribution >= 4 is 11.3 Å². The van der Waals surface area contributed by atoms with Crippen LogP contribution in [0.3, 0.4) is 0 Å². The zero-order valence-electron chi connectivity index (χ0n) is 8.32. The third-order valence-corrected chi connectivity index (χ3v) is 2.88. The molecule has 3 heteroatoms. The molecule has 0 N–H and O–H groups in total. The highest BCUT2D eigenvalue weighted by Gasteiger charge is 2.13. The molecule has 74 valence electrons. The van der Waals surface area contributed by atoms with Crippen molar-refractivity contribution in [2.45, 2.75) is 32.7 Å². The van der Waals surface area contributed by atoms with Gasteiger partial charge in [0.15, 0.2) is 6.29 Å². The van der Waals surface area contributed by atoms with E-state index in [9.17, 15) is 0 Å². The van der Waals surface area contributed by atoms with E-state index in [0.29, 0.717) is 0 Å². The number of methoxy groups -OCH3 is 1. The van der Waals surface area contributed by atoms with Gasteiger partial charge in [0.25, 0.3) is 0 Å². The third kappa shape index (κ3) is 3.10. The number of rotatable bonds is 5. The first-order chi connectivity index (χ1) is 6.27. The third-order valence-electron chi connectivity index (χ3n) is 1.92. The second-order valence-corrected chi connectivity index (χ2v) is 3.83. The van der Waals surface area contributed by atoms with Gasteiger partial charge in [-0.1, -0.05) is 13.0 Å². The van der Waals surface area contributed by atoms with Crippen LogP contribution < -0.4 is 0 Å². The smallest absolute Gasteiger partial charge is 0.155 e. The molecule has 0 aliphatic heterocycles. The number of ether oxygens (including phenoxy) is 2. The molecule has 0 aliphatic carbocycles. The summed E-state index contributed by atoms with van der Waals surface area (Å²) in [7, 11) is 1.66. The molecule has 1 aromatic heterocycles. The zero-order valence-corrected chi connectivity index (χ0v) is 9.14. The lowest BCUT2D eigenvalue weighted by molar-refractivity contribution is -0.145. The molecule has 1 rings (SSSR count). The summed E-state index contributed by atoms with van der Waals surface area (Å²) >= 11 is 1.73. The van der Waals surface area contributed by atoms with E-state index in [2.05, 4.69) is 18.4 Å². The van der Waals surface area contributed by atoms with Crippen LogP contribution in [0.2, 0.25) is 0 Å². The van der Waals surface area contributed by atoms with Gasteiger partial charge in [-0.15, -0.1) is 11.3 Å². The molecule has 0 aromatic carbocycles. The van der Waals surface area contributed by atoms with Crippen molar-refractivity contribution in [3.05, 3.63) is 22.4 Å². The van der Waals surface area contributed by atoms with Gasteiger partial charge in [0.2, 0.25) is 0 Å². The quantitative estimate of drug-likeness (QED) is 0.679.